The highest BCUT2D eigenvalue weighted by Crippen LogP contribution is 2.24. The number of hydrogen-bond acceptors (Lipinski definition) is 5. The standard InChI is InChI=1S/C14H10BrN3O2S/c15-11-3-1-10-6-12(4-2-9(10)5-11)20-7-13(19)17-14-18-16-8-21-14/h1-6,8H,7H2,(H,17,18,19). The van der Waals surface area contributed by atoms with E-state index in [1.807, 2.05) is 36.4 Å². The number of nitrogens with one attached hydrogen (secondary N) is 1. The number of ether oxygens (including phenoxy) is 1. The molecule has 5 nitrogen and oxygen atoms in total. The largest absolute Gasteiger partial charge is 0.484 e. The van der Waals surface area contributed by atoms with Crippen LogP contribution in [-0.4, -0.2) is 22.7 Å². The molecule has 0 aliphatic heterocycles. The van der Waals surface area contributed by atoms with Crippen molar-refractivity contribution in [1.29, 1.82) is 0 Å². The smallest absolute Gasteiger partial charge is 0.264 e. The first-order valence-electron chi connectivity index (χ1n) is 6.09. The first-order chi connectivity index (χ1) is 10.2. The quantitative estimate of drug-likeness (QED) is 0.770. The van der Waals surface area contributed by atoms with Gasteiger partial charge in [0.1, 0.15) is 11.3 Å². The van der Waals surface area contributed by atoms with Gasteiger partial charge in [-0.05, 0) is 35.0 Å². The van der Waals surface area contributed by atoms with Crippen molar-refractivity contribution in [3.8, 4) is 5.75 Å². The minimum absolute atomic E-state index is 0.0678. The Morgan fingerprint density at radius 2 is 2.05 bits per heavy atom. The van der Waals surface area contributed by atoms with E-state index in [-0.39, 0.29) is 12.5 Å². The lowest BCUT2D eigenvalue weighted by atomic mass is 10.1. The first kappa shape index (κ1) is 14.0. The molecule has 1 amide bonds. The predicted octanol–water partition coefficient (Wildman–Crippen LogP) is 3.47. The maximum atomic E-state index is 11.7. The number of nitrogens with zero attached hydrogens (tertiary/aromatic N) is 2. The second kappa shape index (κ2) is 6.19. The van der Waals surface area contributed by atoms with Crippen molar-refractivity contribution in [3.05, 3.63) is 46.4 Å². The van der Waals surface area contributed by atoms with Gasteiger partial charge in [0.25, 0.3) is 5.91 Å². The summed E-state index contributed by atoms with van der Waals surface area (Å²) in [6.07, 6.45) is 0. The van der Waals surface area contributed by atoms with Crippen molar-refractivity contribution in [2.24, 2.45) is 0 Å². The third-order valence-corrected chi connectivity index (χ3v) is 3.85. The molecule has 1 heterocycles. The highest BCUT2D eigenvalue weighted by Gasteiger charge is 2.06. The van der Waals surface area contributed by atoms with Crippen LogP contribution in [0.15, 0.2) is 46.4 Å². The summed E-state index contributed by atoms with van der Waals surface area (Å²) < 4.78 is 6.52. The van der Waals surface area contributed by atoms with Gasteiger partial charge in [-0.1, -0.05) is 39.4 Å². The van der Waals surface area contributed by atoms with Crippen molar-refractivity contribution in [1.82, 2.24) is 10.2 Å². The van der Waals surface area contributed by atoms with Gasteiger partial charge < -0.3 is 4.74 Å². The maximum Gasteiger partial charge on any atom is 0.264 e. The summed E-state index contributed by atoms with van der Waals surface area (Å²) in [6, 6.07) is 11.7. The van der Waals surface area contributed by atoms with E-state index in [1.165, 1.54) is 11.3 Å². The molecule has 1 N–H and O–H groups in total. The van der Waals surface area contributed by atoms with Crippen molar-refractivity contribution >= 4 is 49.1 Å². The van der Waals surface area contributed by atoms with E-state index in [1.54, 1.807) is 5.51 Å². The molecule has 0 aliphatic carbocycles. The molecule has 0 unspecified atom stereocenters. The molecule has 0 atom stereocenters. The van der Waals surface area contributed by atoms with Crippen LogP contribution in [0.4, 0.5) is 5.13 Å². The van der Waals surface area contributed by atoms with Crippen molar-refractivity contribution < 1.29 is 9.53 Å². The van der Waals surface area contributed by atoms with E-state index in [0.29, 0.717) is 10.9 Å². The molecule has 0 radical (unpaired) electrons. The van der Waals surface area contributed by atoms with E-state index in [9.17, 15) is 4.79 Å². The molecule has 0 fully saturated rings. The van der Waals surface area contributed by atoms with E-state index in [4.69, 9.17) is 4.74 Å². The van der Waals surface area contributed by atoms with Gasteiger partial charge in [-0.3, -0.25) is 10.1 Å². The summed E-state index contributed by atoms with van der Waals surface area (Å²) in [5.74, 6) is 0.389. The van der Waals surface area contributed by atoms with Crippen LogP contribution >= 0.6 is 27.3 Å². The Balaban J connectivity index is 1.65. The number of rotatable bonds is 4. The molecule has 3 aromatic rings. The van der Waals surface area contributed by atoms with Crippen LogP contribution in [0.1, 0.15) is 0 Å². The average Bonchev–Trinajstić information content (AvgIpc) is 2.98. The third-order valence-electron chi connectivity index (χ3n) is 2.75. The number of carbonyl (C=O) groups is 1. The zero-order valence-corrected chi connectivity index (χ0v) is 13.1. The summed E-state index contributed by atoms with van der Waals surface area (Å²) in [4.78, 5) is 11.7. The highest BCUT2D eigenvalue weighted by atomic mass is 79.9. The SMILES string of the molecule is O=C(COc1ccc2cc(Br)ccc2c1)Nc1nncs1. The summed E-state index contributed by atoms with van der Waals surface area (Å²) in [5.41, 5.74) is 1.55. The van der Waals surface area contributed by atoms with Gasteiger partial charge in [-0.25, -0.2) is 0 Å². The highest BCUT2D eigenvalue weighted by molar-refractivity contribution is 9.10. The van der Waals surface area contributed by atoms with Crippen molar-refractivity contribution in [2.45, 2.75) is 0 Å². The lowest BCUT2D eigenvalue weighted by Gasteiger charge is -2.07. The second-order valence-electron chi connectivity index (χ2n) is 4.23. The van der Waals surface area contributed by atoms with Crippen molar-refractivity contribution in [3.63, 3.8) is 0 Å². The van der Waals surface area contributed by atoms with E-state index >= 15 is 0 Å². The third kappa shape index (κ3) is 3.56. The Hall–Kier alpha value is -1.99. The van der Waals surface area contributed by atoms with E-state index in [0.717, 1.165) is 15.2 Å². The van der Waals surface area contributed by atoms with E-state index < -0.39 is 0 Å². The molecule has 0 saturated heterocycles. The number of carbonyl (C=O) groups excluding carboxylic acids is 1. The number of halogens is 1. The Bertz CT molecular complexity index is 777. The Labute approximate surface area is 133 Å². The van der Waals surface area contributed by atoms with Crippen LogP contribution in [0.25, 0.3) is 10.8 Å². The second-order valence-corrected chi connectivity index (χ2v) is 5.98. The maximum absolute atomic E-state index is 11.7. The number of benzene rings is 2. The van der Waals surface area contributed by atoms with Crippen LogP contribution < -0.4 is 10.1 Å². The van der Waals surface area contributed by atoms with Crippen molar-refractivity contribution in [2.75, 3.05) is 11.9 Å². The van der Waals surface area contributed by atoms with Crippen LogP contribution in [0.2, 0.25) is 0 Å². The van der Waals surface area contributed by atoms with Gasteiger partial charge >= 0.3 is 0 Å². The molecular weight excluding hydrogens is 354 g/mol. The van der Waals surface area contributed by atoms with Gasteiger partial charge in [-0.15, -0.1) is 10.2 Å². The number of fused-ring (bicyclic) bond motifs is 1. The monoisotopic (exact) mass is 363 g/mol. The minimum atomic E-state index is -0.261. The summed E-state index contributed by atoms with van der Waals surface area (Å²) in [5, 5.41) is 12.6. The molecule has 0 bridgehead atoms. The zero-order chi connectivity index (χ0) is 14.7. The number of hydrogen-bond donors (Lipinski definition) is 1. The molecule has 3 rings (SSSR count). The fourth-order valence-corrected chi connectivity index (χ4v) is 2.66. The Morgan fingerprint density at radius 1 is 1.24 bits per heavy atom. The molecule has 0 saturated carbocycles. The number of aromatic nitrogens is 2. The lowest BCUT2D eigenvalue weighted by molar-refractivity contribution is -0.118. The molecule has 1 aromatic heterocycles. The van der Waals surface area contributed by atoms with Crippen LogP contribution in [0, 0.1) is 0 Å². The van der Waals surface area contributed by atoms with Gasteiger partial charge in [0, 0.05) is 4.47 Å². The van der Waals surface area contributed by atoms with E-state index in [2.05, 4.69) is 31.4 Å². The summed E-state index contributed by atoms with van der Waals surface area (Å²) in [7, 11) is 0. The zero-order valence-electron chi connectivity index (χ0n) is 10.7. The topological polar surface area (TPSA) is 64.1 Å². The summed E-state index contributed by atoms with van der Waals surface area (Å²) >= 11 is 4.70. The average molecular weight is 364 g/mol. The molecule has 0 aliphatic rings. The molecular formula is C14H10BrN3O2S. The molecule has 21 heavy (non-hydrogen) atoms. The van der Waals surface area contributed by atoms with Crippen LogP contribution in [-0.2, 0) is 4.79 Å². The predicted molar refractivity (Wildman–Crippen MR) is 85.7 cm³/mol. The first-order valence-corrected chi connectivity index (χ1v) is 7.76. The molecule has 106 valence electrons. The number of anilines is 1. The molecule has 2 aromatic carbocycles. The fourth-order valence-electron chi connectivity index (χ4n) is 1.82. The summed E-state index contributed by atoms with van der Waals surface area (Å²) in [6.45, 7) is -0.0678. The Morgan fingerprint density at radius 3 is 2.86 bits per heavy atom. The molecule has 0 spiro atoms. The Kier molecular flexibility index (Phi) is 4.12. The fraction of sp³-hybridized carbons (Fsp3) is 0.0714. The van der Waals surface area contributed by atoms with Gasteiger partial charge in [0.15, 0.2) is 6.61 Å². The van der Waals surface area contributed by atoms with Gasteiger partial charge in [0.05, 0.1) is 0 Å². The van der Waals surface area contributed by atoms with Gasteiger partial charge in [-0.2, -0.15) is 0 Å². The van der Waals surface area contributed by atoms with Crippen LogP contribution in [0.5, 0.6) is 5.75 Å². The number of amides is 1. The normalized spacial score (nSPS) is 10.5. The molecule has 7 heteroatoms. The van der Waals surface area contributed by atoms with Gasteiger partial charge in [0.2, 0.25) is 5.13 Å². The van der Waals surface area contributed by atoms with Crippen LogP contribution in [0.3, 0.4) is 0 Å². The minimum Gasteiger partial charge on any atom is -0.484 e. The lowest BCUT2D eigenvalue weighted by Crippen LogP contribution is -2.20.